The lowest BCUT2D eigenvalue weighted by Gasteiger charge is -2.23. The second kappa shape index (κ2) is 6.62. The molecule has 0 bridgehead atoms. The first-order valence-electron chi connectivity index (χ1n) is 3.99. The van der Waals surface area contributed by atoms with E-state index in [1.54, 1.807) is 0 Å². The van der Waals surface area contributed by atoms with Gasteiger partial charge in [-0.15, -0.1) is 0 Å². The van der Waals surface area contributed by atoms with Crippen LogP contribution in [0.15, 0.2) is 0 Å². The average molecular weight is 226 g/mol. The minimum absolute atomic E-state index is 0. The van der Waals surface area contributed by atoms with Gasteiger partial charge in [-0.25, -0.2) is 0 Å². The van der Waals surface area contributed by atoms with E-state index in [0.717, 1.165) is 0 Å². The Bertz CT molecular complexity index is 200. The van der Waals surface area contributed by atoms with E-state index in [9.17, 15) is 9.59 Å². The summed E-state index contributed by atoms with van der Waals surface area (Å²) in [5, 5.41) is 8.24. The number of esters is 1. The van der Waals surface area contributed by atoms with Crippen LogP contribution in [0, 0.1) is 0 Å². The zero-order valence-electron chi connectivity index (χ0n) is 8.62. The van der Waals surface area contributed by atoms with Crippen molar-refractivity contribution in [3.05, 3.63) is 0 Å². The third kappa shape index (κ3) is 11.2. The van der Waals surface area contributed by atoms with Gasteiger partial charge >= 0.3 is 11.9 Å². The van der Waals surface area contributed by atoms with E-state index in [0.29, 0.717) is 11.0 Å². The monoisotopic (exact) mass is 225 g/mol. The third-order valence-corrected chi connectivity index (χ3v) is 1.32. The number of hydrogen-bond acceptors (Lipinski definition) is 3. The largest absolute Gasteiger partial charge is 1.00 e. The van der Waals surface area contributed by atoms with Crippen molar-refractivity contribution < 1.29 is 36.3 Å². The highest BCUT2D eigenvalue weighted by Crippen LogP contribution is 1.91. The number of carbonyl (C=O) groups excluding carboxylic acids is 1. The fraction of sp³-hybridized carbons (Fsp3) is 0.750. The fourth-order valence-corrected chi connectivity index (χ4v) is 0.608. The van der Waals surface area contributed by atoms with Gasteiger partial charge in [-0.05, 0) is 0 Å². The van der Waals surface area contributed by atoms with Crippen molar-refractivity contribution in [2.24, 2.45) is 0 Å². The van der Waals surface area contributed by atoms with Crippen molar-refractivity contribution in [3.8, 4) is 0 Å². The van der Waals surface area contributed by atoms with Gasteiger partial charge in [0.15, 0.2) is 0 Å². The van der Waals surface area contributed by atoms with E-state index in [1.165, 1.54) is 0 Å². The Hall–Kier alpha value is -0.810. The number of halogens is 1. The van der Waals surface area contributed by atoms with Crippen LogP contribution in [-0.4, -0.2) is 55.8 Å². The molecule has 0 saturated heterocycles. The predicted octanol–water partition coefficient (Wildman–Crippen LogP) is -3.29. The van der Waals surface area contributed by atoms with Crippen LogP contribution in [0.5, 0.6) is 0 Å². The van der Waals surface area contributed by atoms with Gasteiger partial charge < -0.3 is 26.7 Å². The molecule has 0 fully saturated rings. The first kappa shape index (κ1) is 15.7. The molecule has 0 amide bonds. The lowest BCUT2D eigenvalue weighted by atomic mass is 10.4. The summed E-state index contributed by atoms with van der Waals surface area (Å²) in [6.45, 7) is 0.932. The SMILES string of the molecule is C[N+](C)(C)CCOC(=O)CC(=O)O.[Cl-]. The Balaban J connectivity index is 0. The topological polar surface area (TPSA) is 63.6 Å². The molecule has 0 rings (SSSR count). The van der Waals surface area contributed by atoms with Crippen LogP contribution in [0.3, 0.4) is 0 Å². The van der Waals surface area contributed by atoms with Gasteiger partial charge in [0.2, 0.25) is 0 Å². The van der Waals surface area contributed by atoms with Crippen molar-refractivity contribution in [3.63, 3.8) is 0 Å². The van der Waals surface area contributed by atoms with Crippen LogP contribution < -0.4 is 12.4 Å². The van der Waals surface area contributed by atoms with Gasteiger partial charge in [-0.2, -0.15) is 0 Å². The zero-order valence-corrected chi connectivity index (χ0v) is 9.37. The van der Waals surface area contributed by atoms with E-state index in [-0.39, 0.29) is 19.0 Å². The van der Waals surface area contributed by atoms with Gasteiger partial charge in [-0.1, -0.05) is 0 Å². The van der Waals surface area contributed by atoms with Crippen LogP contribution in [-0.2, 0) is 14.3 Å². The molecular formula is C8H16ClNO4. The summed E-state index contributed by atoms with van der Waals surface area (Å²) in [6, 6.07) is 0. The second-order valence-corrected chi connectivity index (χ2v) is 3.80. The van der Waals surface area contributed by atoms with E-state index in [2.05, 4.69) is 0 Å². The van der Waals surface area contributed by atoms with E-state index in [4.69, 9.17) is 9.84 Å². The van der Waals surface area contributed by atoms with Gasteiger partial charge in [0.25, 0.3) is 0 Å². The first-order chi connectivity index (χ1) is 5.81. The van der Waals surface area contributed by atoms with Gasteiger partial charge in [-0.3, -0.25) is 9.59 Å². The van der Waals surface area contributed by atoms with Crippen molar-refractivity contribution in [2.75, 3.05) is 34.3 Å². The van der Waals surface area contributed by atoms with E-state index < -0.39 is 18.4 Å². The number of ether oxygens (including phenoxy) is 1. The molecule has 0 aromatic rings. The summed E-state index contributed by atoms with van der Waals surface area (Å²) in [4.78, 5) is 20.8. The molecule has 0 aliphatic carbocycles. The van der Waals surface area contributed by atoms with Crippen LogP contribution in [0.2, 0.25) is 0 Å². The summed E-state index contributed by atoms with van der Waals surface area (Å²) in [5.41, 5.74) is 0. The minimum Gasteiger partial charge on any atom is -1.00 e. The summed E-state index contributed by atoms with van der Waals surface area (Å²) in [5.74, 6) is -1.84. The maximum atomic E-state index is 10.7. The molecule has 14 heavy (non-hydrogen) atoms. The molecule has 0 aromatic carbocycles. The molecule has 0 radical (unpaired) electrons. The van der Waals surface area contributed by atoms with Crippen LogP contribution in [0.25, 0.3) is 0 Å². The fourth-order valence-electron chi connectivity index (χ4n) is 0.608. The summed E-state index contributed by atoms with van der Waals surface area (Å²) in [7, 11) is 5.89. The van der Waals surface area contributed by atoms with E-state index in [1.807, 2.05) is 21.1 Å². The molecule has 0 aliphatic heterocycles. The molecule has 0 aromatic heterocycles. The second-order valence-electron chi connectivity index (χ2n) is 3.80. The van der Waals surface area contributed by atoms with Gasteiger partial charge in [0, 0.05) is 0 Å². The summed E-state index contributed by atoms with van der Waals surface area (Å²) in [6.07, 6.45) is -0.558. The molecule has 0 spiro atoms. The Morgan fingerprint density at radius 1 is 1.29 bits per heavy atom. The number of quaternary nitrogens is 1. The molecule has 0 saturated carbocycles. The number of carboxylic acid groups (broad SMARTS) is 1. The number of carbonyl (C=O) groups is 2. The quantitative estimate of drug-likeness (QED) is 0.303. The molecule has 0 aliphatic rings. The molecule has 0 heterocycles. The summed E-state index contributed by atoms with van der Waals surface area (Å²) >= 11 is 0. The average Bonchev–Trinajstić information content (AvgIpc) is 1.81. The lowest BCUT2D eigenvalue weighted by molar-refractivity contribution is -0.870. The Morgan fingerprint density at radius 3 is 2.14 bits per heavy atom. The van der Waals surface area contributed by atoms with Crippen molar-refractivity contribution >= 4 is 11.9 Å². The van der Waals surface area contributed by atoms with Crippen LogP contribution in [0.1, 0.15) is 6.42 Å². The van der Waals surface area contributed by atoms with Crippen molar-refractivity contribution in [2.45, 2.75) is 6.42 Å². The number of carboxylic acids is 1. The molecular weight excluding hydrogens is 210 g/mol. The van der Waals surface area contributed by atoms with Gasteiger partial charge in [0.1, 0.15) is 19.6 Å². The Labute approximate surface area is 89.6 Å². The van der Waals surface area contributed by atoms with E-state index >= 15 is 0 Å². The number of rotatable bonds is 5. The van der Waals surface area contributed by atoms with Gasteiger partial charge in [0.05, 0.1) is 21.1 Å². The normalized spacial score (nSPS) is 10.2. The van der Waals surface area contributed by atoms with Crippen molar-refractivity contribution in [1.82, 2.24) is 0 Å². The number of aliphatic carboxylic acids is 1. The maximum absolute atomic E-state index is 10.7. The zero-order chi connectivity index (χ0) is 10.5. The number of nitrogens with zero attached hydrogens (tertiary/aromatic N) is 1. The molecule has 1 N–H and O–H groups in total. The molecule has 84 valence electrons. The third-order valence-electron chi connectivity index (χ3n) is 1.32. The highest BCUT2D eigenvalue weighted by molar-refractivity contribution is 5.90. The Morgan fingerprint density at radius 2 is 1.79 bits per heavy atom. The van der Waals surface area contributed by atoms with Crippen LogP contribution >= 0.6 is 0 Å². The molecule has 0 unspecified atom stereocenters. The lowest BCUT2D eigenvalue weighted by Crippen LogP contribution is -3.00. The number of hydrogen-bond donors (Lipinski definition) is 1. The van der Waals surface area contributed by atoms with Crippen molar-refractivity contribution in [1.29, 1.82) is 0 Å². The predicted molar refractivity (Wildman–Crippen MR) is 46.1 cm³/mol. The first-order valence-corrected chi connectivity index (χ1v) is 3.99. The standard InChI is InChI=1S/C8H15NO4.ClH/c1-9(2,3)4-5-13-8(12)6-7(10)11;/h4-6H2,1-3H3;1H. The molecule has 0 atom stereocenters. The molecule has 5 nitrogen and oxygen atoms in total. The summed E-state index contributed by atoms with van der Waals surface area (Å²) < 4.78 is 5.37. The smallest absolute Gasteiger partial charge is 0.317 e. The maximum Gasteiger partial charge on any atom is 0.317 e. The van der Waals surface area contributed by atoms with Crippen LogP contribution in [0.4, 0.5) is 0 Å². The molecule has 6 heteroatoms. The minimum atomic E-state index is -1.16. The Kier molecular flexibility index (Phi) is 7.40. The number of likely N-dealkylation sites (N-methyl/N-ethyl adjacent to an activating group) is 1. The highest BCUT2D eigenvalue weighted by atomic mass is 35.5. The highest BCUT2D eigenvalue weighted by Gasteiger charge is 2.11.